The highest BCUT2D eigenvalue weighted by Crippen LogP contribution is 2.30. The Balaban J connectivity index is 2.32. The second-order valence-electron chi connectivity index (χ2n) is 4.79. The number of halogens is 2. The van der Waals surface area contributed by atoms with E-state index in [-0.39, 0.29) is 11.3 Å². The normalized spacial score (nSPS) is 24.6. The van der Waals surface area contributed by atoms with Gasteiger partial charge in [-0.2, -0.15) is 0 Å². The zero-order valence-corrected chi connectivity index (χ0v) is 9.72. The number of Topliss-reactive ketones (excluding diaryl/α,β-unsaturated/α-hetero) is 1. The molecule has 4 heteroatoms. The minimum atomic E-state index is -0.650. The highest BCUT2D eigenvalue weighted by Gasteiger charge is 2.36. The Labute approximate surface area is 99.0 Å². The van der Waals surface area contributed by atoms with Crippen molar-refractivity contribution in [2.75, 3.05) is 13.1 Å². The Morgan fingerprint density at radius 1 is 1.41 bits per heavy atom. The number of ketones is 1. The molecule has 1 atom stereocenters. The first kappa shape index (κ1) is 12.2. The van der Waals surface area contributed by atoms with E-state index in [1.807, 2.05) is 0 Å². The number of benzene rings is 1. The van der Waals surface area contributed by atoms with Crippen LogP contribution in [0, 0.1) is 17.0 Å². The molecule has 0 bridgehead atoms. The van der Waals surface area contributed by atoms with Crippen LogP contribution in [0.15, 0.2) is 18.2 Å². The Hall–Kier alpha value is -1.29. The first-order valence-electron chi connectivity index (χ1n) is 5.73. The lowest BCUT2D eigenvalue weighted by Gasteiger charge is -2.32. The summed E-state index contributed by atoms with van der Waals surface area (Å²) in [7, 11) is 0. The average molecular weight is 239 g/mol. The number of carbonyl (C=O) groups excluding carboxylic acids is 1. The molecule has 0 spiro atoms. The van der Waals surface area contributed by atoms with E-state index in [4.69, 9.17) is 0 Å². The van der Waals surface area contributed by atoms with Crippen molar-refractivity contribution in [2.24, 2.45) is 5.41 Å². The van der Waals surface area contributed by atoms with Gasteiger partial charge in [-0.25, -0.2) is 8.78 Å². The van der Waals surface area contributed by atoms with Gasteiger partial charge in [-0.3, -0.25) is 4.79 Å². The molecular formula is C13H15F2NO. The van der Waals surface area contributed by atoms with Gasteiger partial charge in [0.2, 0.25) is 0 Å². The van der Waals surface area contributed by atoms with E-state index in [0.717, 1.165) is 31.2 Å². The van der Waals surface area contributed by atoms with Gasteiger partial charge in [-0.1, -0.05) is 6.92 Å². The highest BCUT2D eigenvalue weighted by molar-refractivity contribution is 6.00. The number of hydrogen-bond acceptors (Lipinski definition) is 2. The predicted octanol–water partition coefficient (Wildman–Crippen LogP) is 2.54. The summed E-state index contributed by atoms with van der Waals surface area (Å²) in [5, 5.41) is 3.12. The molecule has 1 aliphatic heterocycles. The molecule has 0 saturated carbocycles. The minimum Gasteiger partial charge on any atom is -0.316 e. The molecule has 0 radical (unpaired) electrons. The van der Waals surface area contributed by atoms with Gasteiger partial charge in [0, 0.05) is 12.0 Å². The lowest BCUT2D eigenvalue weighted by Crippen LogP contribution is -2.43. The summed E-state index contributed by atoms with van der Waals surface area (Å²) < 4.78 is 26.6. The van der Waals surface area contributed by atoms with Gasteiger partial charge in [0.25, 0.3) is 0 Å². The molecule has 1 aromatic rings. The van der Waals surface area contributed by atoms with Crippen LogP contribution in [-0.4, -0.2) is 18.9 Å². The van der Waals surface area contributed by atoms with E-state index in [1.165, 1.54) is 0 Å². The Morgan fingerprint density at radius 2 is 2.18 bits per heavy atom. The molecule has 1 fully saturated rings. The van der Waals surface area contributed by atoms with Gasteiger partial charge in [0.15, 0.2) is 5.78 Å². The zero-order valence-electron chi connectivity index (χ0n) is 9.72. The summed E-state index contributed by atoms with van der Waals surface area (Å²) >= 11 is 0. The van der Waals surface area contributed by atoms with Crippen molar-refractivity contribution in [1.29, 1.82) is 0 Å². The van der Waals surface area contributed by atoms with Crippen LogP contribution < -0.4 is 5.32 Å². The largest absolute Gasteiger partial charge is 0.316 e. The minimum absolute atomic E-state index is 0.142. The van der Waals surface area contributed by atoms with E-state index < -0.39 is 17.0 Å². The molecule has 17 heavy (non-hydrogen) atoms. The fourth-order valence-corrected chi connectivity index (χ4v) is 2.25. The van der Waals surface area contributed by atoms with Gasteiger partial charge in [-0.05, 0) is 37.6 Å². The van der Waals surface area contributed by atoms with Crippen molar-refractivity contribution in [3.05, 3.63) is 35.4 Å². The summed E-state index contributed by atoms with van der Waals surface area (Å²) in [6.45, 7) is 3.18. The van der Waals surface area contributed by atoms with Crippen molar-refractivity contribution in [2.45, 2.75) is 19.8 Å². The molecule has 1 N–H and O–H groups in total. The zero-order chi connectivity index (χ0) is 12.5. The fraction of sp³-hybridized carbons (Fsp3) is 0.462. The summed E-state index contributed by atoms with van der Waals surface area (Å²) in [6, 6.07) is 3.01. The van der Waals surface area contributed by atoms with Crippen LogP contribution in [0.5, 0.6) is 0 Å². The molecule has 1 aromatic carbocycles. The number of hydrogen-bond donors (Lipinski definition) is 1. The van der Waals surface area contributed by atoms with Gasteiger partial charge in [0.1, 0.15) is 11.6 Å². The molecule has 2 rings (SSSR count). The van der Waals surface area contributed by atoms with Crippen molar-refractivity contribution in [3.8, 4) is 0 Å². The van der Waals surface area contributed by atoms with Gasteiger partial charge < -0.3 is 5.32 Å². The second kappa shape index (κ2) is 4.53. The maximum atomic E-state index is 13.5. The highest BCUT2D eigenvalue weighted by atomic mass is 19.1. The molecule has 1 aliphatic rings. The smallest absolute Gasteiger partial charge is 0.173 e. The lowest BCUT2D eigenvalue weighted by molar-refractivity contribution is 0.0768. The van der Waals surface area contributed by atoms with E-state index in [1.54, 1.807) is 6.92 Å². The number of rotatable bonds is 2. The van der Waals surface area contributed by atoms with E-state index in [9.17, 15) is 13.6 Å². The van der Waals surface area contributed by atoms with Crippen molar-refractivity contribution in [1.82, 2.24) is 5.32 Å². The molecule has 1 heterocycles. The third-order valence-corrected chi connectivity index (χ3v) is 3.32. The second-order valence-corrected chi connectivity index (χ2v) is 4.79. The molecule has 0 aromatic heterocycles. The van der Waals surface area contributed by atoms with Crippen LogP contribution >= 0.6 is 0 Å². The first-order chi connectivity index (χ1) is 8.03. The maximum absolute atomic E-state index is 13.5. The third-order valence-electron chi connectivity index (χ3n) is 3.32. The molecule has 92 valence electrons. The third kappa shape index (κ3) is 2.36. The molecular weight excluding hydrogens is 224 g/mol. The van der Waals surface area contributed by atoms with E-state index >= 15 is 0 Å². The van der Waals surface area contributed by atoms with Gasteiger partial charge in [0.05, 0.1) is 5.56 Å². The van der Waals surface area contributed by atoms with Crippen LogP contribution in [0.25, 0.3) is 0 Å². The van der Waals surface area contributed by atoms with Crippen LogP contribution in [-0.2, 0) is 0 Å². The topological polar surface area (TPSA) is 29.1 Å². The van der Waals surface area contributed by atoms with Crippen molar-refractivity contribution < 1.29 is 13.6 Å². The Morgan fingerprint density at radius 3 is 2.82 bits per heavy atom. The summed E-state index contributed by atoms with van der Waals surface area (Å²) in [4.78, 5) is 12.2. The fourth-order valence-electron chi connectivity index (χ4n) is 2.25. The molecule has 1 unspecified atom stereocenters. The average Bonchev–Trinajstić information content (AvgIpc) is 2.32. The molecule has 1 saturated heterocycles. The van der Waals surface area contributed by atoms with Gasteiger partial charge in [-0.15, -0.1) is 0 Å². The summed E-state index contributed by atoms with van der Waals surface area (Å²) in [6.07, 6.45) is 1.58. The molecule has 0 amide bonds. The van der Waals surface area contributed by atoms with Crippen LogP contribution in [0.3, 0.4) is 0 Å². The monoisotopic (exact) mass is 239 g/mol. The van der Waals surface area contributed by atoms with E-state index in [0.29, 0.717) is 13.0 Å². The van der Waals surface area contributed by atoms with Crippen LogP contribution in [0.4, 0.5) is 8.78 Å². The van der Waals surface area contributed by atoms with Gasteiger partial charge >= 0.3 is 0 Å². The molecule has 0 aliphatic carbocycles. The number of carbonyl (C=O) groups is 1. The molecule has 2 nitrogen and oxygen atoms in total. The standard InChI is InChI=1S/C13H15F2NO/c1-13(5-2-6-16-8-13)12(17)10-7-9(14)3-4-11(10)15/h3-4,7,16H,2,5-6,8H2,1H3. The van der Waals surface area contributed by atoms with Crippen molar-refractivity contribution in [3.63, 3.8) is 0 Å². The quantitative estimate of drug-likeness (QED) is 0.803. The summed E-state index contributed by atoms with van der Waals surface area (Å²) in [5.74, 6) is -1.55. The van der Waals surface area contributed by atoms with Crippen molar-refractivity contribution >= 4 is 5.78 Å². The Kier molecular flexibility index (Phi) is 3.24. The number of nitrogens with one attached hydrogen (secondary N) is 1. The summed E-state index contributed by atoms with van der Waals surface area (Å²) in [5.41, 5.74) is -0.774. The SMILES string of the molecule is CC1(C(=O)c2cc(F)ccc2F)CCCNC1. The predicted molar refractivity (Wildman–Crippen MR) is 60.9 cm³/mol. The van der Waals surface area contributed by atoms with Crippen LogP contribution in [0.2, 0.25) is 0 Å². The Bertz CT molecular complexity index is 439. The first-order valence-corrected chi connectivity index (χ1v) is 5.73. The maximum Gasteiger partial charge on any atom is 0.173 e. The lowest BCUT2D eigenvalue weighted by atomic mass is 9.76. The van der Waals surface area contributed by atoms with Crippen LogP contribution in [0.1, 0.15) is 30.1 Å². The number of piperidine rings is 1. The van der Waals surface area contributed by atoms with E-state index in [2.05, 4.69) is 5.32 Å².